The molecule has 184 valence electrons. The van der Waals surface area contributed by atoms with E-state index in [9.17, 15) is 0 Å². The van der Waals surface area contributed by atoms with Crippen LogP contribution in [0.1, 0.15) is 112 Å². The minimum atomic E-state index is -0.0822. The van der Waals surface area contributed by atoms with Crippen LogP contribution in [0.4, 0.5) is 0 Å². The molecule has 34 heavy (non-hydrogen) atoms. The molecule has 0 saturated heterocycles. The molecule has 0 bridgehead atoms. The number of imidazole rings is 1. The molecule has 4 aromatic rings. The van der Waals surface area contributed by atoms with Gasteiger partial charge in [-0.15, -0.1) is 0 Å². The van der Waals surface area contributed by atoms with Gasteiger partial charge in [-0.3, -0.25) is 4.40 Å². The topological polar surface area (TPSA) is 30.2 Å². The van der Waals surface area contributed by atoms with E-state index < -0.39 is 0 Å². The fraction of sp³-hybridized carbons (Fsp3) is 0.548. The van der Waals surface area contributed by atoms with Crippen LogP contribution in [0.2, 0.25) is 0 Å². The quantitative estimate of drug-likeness (QED) is 0.299. The number of benzene rings is 2. The van der Waals surface area contributed by atoms with Crippen LogP contribution in [-0.4, -0.2) is 14.4 Å². The van der Waals surface area contributed by atoms with E-state index in [1.54, 1.807) is 0 Å². The van der Waals surface area contributed by atoms with E-state index in [1.807, 2.05) is 27.7 Å². The number of hydrogen-bond acceptors (Lipinski definition) is 2. The number of aromatic nitrogens is 3. The van der Waals surface area contributed by atoms with Gasteiger partial charge in [0, 0.05) is 10.8 Å². The van der Waals surface area contributed by atoms with Gasteiger partial charge in [-0.25, -0.2) is 9.97 Å². The van der Waals surface area contributed by atoms with Gasteiger partial charge in [-0.2, -0.15) is 0 Å². The van der Waals surface area contributed by atoms with Crippen molar-refractivity contribution in [2.24, 2.45) is 0 Å². The molecular formula is C31H45N3. The zero-order valence-electron chi connectivity index (χ0n) is 23.4. The fourth-order valence-corrected chi connectivity index (χ4v) is 5.95. The first-order valence-corrected chi connectivity index (χ1v) is 13.3. The Hall–Kier alpha value is -2.42. The molecule has 3 heteroatoms. The maximum atomic E-state index is 5.19. The Morgan fingerprint density at radius 1 is 0.882 bits per heavy atom. The molecular weight excluding hydrogens is 414 g/mol. The first kappa shape index (κ1) is 26.2. The highest BCUT2D eigenvalue weighted by molar-refractivity contribution is 5.97. The van der Waals surface area contributed by atoms with E-state index >= 15 is 0 Å². The zero-order chi connectivity index (χ0) is 25.5. The van der Waals surface area contributed by atoms with Gasteiger partial charge in [0.2, 0.25) is 0 Å². The second kappa shape index (κ2) is 9.32. The van der Waals surface area contributed by atoms with Crippen molar-refractivity contribution in [1.29, 1.82) is 0 Å². The Morgan fingerprint density at radius 2 is 1.53 bits per heavy atom. The zero-order valence-corrected chi connectivity index (χ0v) is 23.4. The normalized spacial score (nSPS) is 18.9. The van der Waals surface area contributed by atoms with Gasteiger partial charge in [-0.1, -0.05) is 94.7 Å². The third-order valence-electron chi connectivity index (χ3n) is 7.06. The monoisotopic (exact) mass is 459 g/mol. The number of fused-ring (bicyclic) bond motifs is 6. The summed E-state index contributed by atoms with van der Waals surface area (Å²) in [5.74, 6) is 1.07. The maximum absolute atomic E-state index is 5.19. The highest BCUT2D eigenvalue weighted by Crippen LogP contribution is 2.52. The average Bonchev–Trinajstić information content (AvgIpc) is 3.27. The van der Waals surface area contributed by atoms with E-state index in [2.05, 4.69) is 89.3 Å². The molecule has 2 aromatic carbocycles. The average molecular weight is 460 g/mol. The van der Waals surface area contributed by atoms with E-state index in [0.717, 1.165) is 27.9 Å². The van der Waals surface area contributed by atoms with E-state index in [-0.39, 0.29) is 16.2 Å². The van der Waals surface area contributed by atoms with Crippen LogP contribution in [0, 0.1) is 0 Å². The lowest BCUT2D eigenvalue weighted by Gasteiger charge is -2.27. The summed E-state index contributed by atoms with van der Waals surface area (Å²) in [5, 5.41) is 1.12. The van der Waals surface area contributed by atoms with Crippen molar-refractivity contribution in [2.45, 2.75) is 112 Å². The number of para-hydroxylation sites is 1. The predicted molar refractivity (Wildman–Crippen MR) is 149 cm³/mol. The van der Waals surface area contributed by atoms with Crippen LogP contribution < -0.4 is 0 Å². The van der Waals surface area contributed by atoms with Crippen molar-refractivity contribution >= 4 is 27.6 Å². The van der Waals surface area contributed by atoms with Crippen LogP contribution >= 0.6 is 0 Å². The first-order chi connectivity index (χ1) is 16.0. The molecule has 1 aliphatic carbocycles. The van der Waals surface area contributed by atoms with E-state index in [1.165, 1.54) is 35.9 Å². The fourth-order valence-electron chi connectivity index (χ4n) is 5.95. The molecule has 0 radical (unpaired) electrons. The van der Waals surface area contributed by atoms with Crippen molar-refractivity contribution in [2.75, 3.05) is 0 Å². The molecule has 2 heterocycles. The van der Waals surface area contributed by atoms with Gasteiger partial charge in [0.25, 0.3) is 0 Å². The summed E-state index contributed by atoms with van der Waals surface area (Å²) in [6.45, 7) is 24.3. The summed E-state index contributed by atoms with van der Waals surface area (Å²) >= 11 is 0. The Morgan fingerprint density at radius 3 is 2.15 bits per heavy atom. The molecule has 0 saturated carbocycles. The van der Waals surface area contributed by atoms with Crippen LogP contribution in [0.3, 0.4) is 0 Å². The highest BCUT2D eigenvalue weighted by Gasteiger charge is 2.44. The molecule has 5 rings (SSSR count). The maximum Gasteiger partial charge on any atom is 0.148 e. The van der Waals surface area contributed by atoms with Gasteiger partial charge in [-0.05, 0) is 59.1 Å². The van der Waals surface area contributed by atoms with Crippen LogP contribution in [0.25, 0.3) is 27.6 Å². The Labute approximate surface area is 207 Å². The molecule has 1 unspecified atom stereocenters. The third-order valence-corrected chi connectivity index (χ3v) is 7.06. The molecule has 3 nitrogen and oxygen atoms in total. The first-order valence-electron chi connectivity index (χ1n) is 13.3. The largest absolute Gasteiger partial charge is 0.279 e. The number of hydrogen-bond donors (Lipinski definition) is 0. The van der Waals surface area contributed by atoms with Gasteiger partial charge in [0.05, 0.1) is 16.6 Å². The Kier molecular flexibility index (Phi) is 7.18. The molecule has 0 amide bonds. The third kappa shape index (κ3) is 4.12. The summed E-state index contributed by atoms with van der Waals surface area (Å²) < 4.78 is 2.32. The van der Waals surface area contributed by atoms with Crippen LogP contribution in [0.5, 0.6) is 0 Å². The SMILES string of the molecule is CC.CC.CCCC1(C)CC(C)(C)c2cc3c(cc21)nc1c2ccccc2nc(C(C)(C)C)n31. The van der Waals surface area contributed by atoms with Crippen LogP contribution in [-0.2, 0) is 16.2 Å². The molecule has 1 atom stereocenters. The molecule has 1 aliphatic rings. The van der Waals surface area contributed by atoms with Gasteiger partial charge < -0.3 is 0 Å². The van der Waals surface area contributed by atoms with Crippen molar-refractivity contribution in [3.05, 3.63) is 53.3 Å². The minimum absolute atomic E-state index is 0.0822. The summed E-state index contributed by atoms with van der Waals surface area (Å²) in [6.07, 6.45) is 3.63. The minimum Gasteiger partial charge on any atom is -0.279 e. The Bertz CT molecular complexity index is 1300. The van der Waals surface area contributed by atoms with Gasteiger partial charge in [0.15, 0.2) is 0 Å². The van der Waals surface area contributed by atoms with Gasteiger partial charge >= 0.3 is 0 Å². The summed E-state index contributed by atoms with van der Waals surface area (Å²) in [6, 6.07) is 13.2. The number of nitrogens with zero attached hydrogens (tertiary/aromatic N) is 3. The lowest BCUT2D eigenvalue weighted by molar-refractivity contribution is 0.352. The van der Waals surface area contributed by atoms with Crippen molar-refractivity contribution in [3.8, 4) is 0 Å². The summed E-state index contributed by atoms with van der Waals surface area (Å²) in [7, 11) is 0. The van der Waals surface area contributed by atoms with Crippen molar-refractivity contribution in [3.63, 3.8) is 0 Å². The summed E-state index contributed by atoms with van der Waals surface area (Å²) in [5.41, 5.74) is 7.64. The van der Waals surface area contributed by atoms with Gasteiger partial charge in [0.1, 0.15) is 11.5 Å². The predicted octanol–water partition coefficient (Wildman–Crippen LogP) is 9.12. The highest BCUT2D eigenvalue weighted by atomic mass is 15.1. The van der Waals surface area contributed by atoms with Crippen LogP contribution in [0.15, 0.2) is 36.4 Å². The van der Waals surface area contributed by atoms with Crippen molar-refractivity contribution in [1.82, 2.24) is 14.4 Å². The number of rotatable bonds is 2. The molecule has 0 fully saturated rings. The second-order valence-corrected chi connectivity index (χ2v) is 11.2. The molecule has 0 spiro atoms. The lowest BCUT2D eigenvalue weighted by atomic mass is 9.77. The molecule has 2 aromatic heterocycles. The second-order valence-electron chi connectivity index (χ2n) is 11.2. The van der Waals surface area contributed by atoms with Crippen molar-refractivity contribution < 1.29 is 0 Å². The smallest absolute Gasteiger partial charge is 0.148 e. The molecule has 0 N–H and O–H groups in total. The van der Waals surface area contributed by atoms with E-state index in [4.69, 9.17) is 9.97 Å². The molecule has 0 aliphatic heterocycles. The van der Waals surface area contributed by atoms with E-state index in [0.29, 0.717) is 0 Å². The summed E-state index contributed by atoms with van der Waals surface area (Å²) in [4.78, 5) is 10.3. The lowest BCUT2D eigenvalue weighted by Crippen LogP contribution is -2.21. The standard InChI is InChI=1S/C27H33N3.2C2H6/c1-8-13-27(7)16-26(5,6)18-15-22-21(14-19(18)27)28-23-17-11-9-10-12-20(17)29-24(30(22)23)25(2,3)4;2*1-2/h9-12,14-15H,8,13,16H2,1-7H3;2*1-2H3. The Balaban J connectivity index is 0.000000771.